The topological polar surface area (TPSA) is 128 Å². The van der Waals surface area contributed by atoms with Gasteiger partial charge < -0.3 is 21.2 Å². The van der Waals surface area contributed by atoms with Gasteiger partial charge in [0.25, 0.3) is 0 Å². The number of nitrogens with two attached hydrogens (primary N) is 2. The average Bonchev–Trinajstić information content (AvgIpc) is 2.33. The van der Waals surface area contributed by atoms with Crippen LogP contribution in [0.2, 0.25) is 0 Å². The number of amides is 1. The van der Waals surface area contributed by atoms with Crippen molar-refractivity contribution in [3.8, 4) is 0 Å². The normalized spacial score (nSPS) is 9.76. The first-order chi connectivity index (χ1) is 8.19. The van der Waals surface area contributed by atoms with Crippen molar-refractivity contribution in [2.24, 2.45) is 11.6 Å². The Bertz CT molecular complexity index is 384. The summed E-state index contributed by atoms with van der Waals surface area (Å²) >= 11 is 0. The average molecular weight is 240 g/mol. The lowest BCUT2D eigenvalue weighted by Crippen LogP contribution is -2.20. The molecule has 6 N–H and O–H groups in total. The number of anilines is 2. The predicted molar refractivity (Wildman–Crippen MR) is 63.2 cm³/mol. The minimum absolute atomic E-state index is 0.174. The molecular formula is C9H16N6O2. The molecule has 1 aromatic heterocycles. The third-order valence-corrected chi connectivity index (χ3v) is 2.07. The summed E-state index contributed by atoms with van der Waals surface area (Å²) in [6.07, 6.45) is 1.32. The van der Waals surface area contributed by atoms with Crippen LogP contribution >= 0.6 is 0 Å². The highest BCUT2D eigenvalue weighted by atomic mass is 16.5. The summed E-state index contributed by atoms with van der Waals surface area (Å²) in [6.45, 7) is 2.55. The zero-order valence-electron chi connectivity index (χ0n) is 9.56. The standard InChI is InChI=1S/C9H16N6O2/c1-2-6-7(12-3-4-17-9(10)16)13-5-14-8(6)15-11/h5H,2-4,11H2,1H3,(H2,10,16)(H2,12,13,14,15). The number of hydrazine groups is 1. The number of primary amides is 1. The largest absolute Gasteiger partial charge is 0.448 e. The van der Waals surface area contributed by atoms with Gasteiger partial charge in [0.2, 0.25) is 0 Å². The van der Waals surface area contributed by atoms with Crippen molar-refractivity contribution in [3.05, 3.63) is 11.9 Å². The second-order valence-corrected chi connectivity index (χ2v) is 3.14. The van der Waals surface area contributed by atoms with Crippen molar-refractivity contribution in [1.82, 2.24) is 9.97 Å². The first-order valence-electron chi connectivity index (χ1n) is 5.15. The van der Waals surface area contributed by atoms with E-state index >= 15 is 0 Å². The Kier molecular flexibility index (Phi) is 4.95. The second kappa shape index (κ2) is 6.48. The third kappa shape index (κ3) is 3.76. The number of carbonyl (C=O) groups is 1. The molecule has 0 unspecified atom stereocenters. The van der Waals surface area contributed by atoms with E-state index in [9.17, 15) is 4.79 Å². The number of ether oxygens (including phenoxy) is 1. The van der Waals surface area contributed by atoms with Gasteiger partial charge >= 0.3 is 6.09 Å². The predicted octanol–water partition coefficient (Wildman–Crippen LogP) is -0.168. The summed E-state index contributed by atoms with van der Waals surface area (Å²) in [5, 5.41) is 3.01. The number of nitrogens with zero attached hydrogens (tertiary/aromatic N) is 2. The summed E-state index contributed by atoms with van der Waals surface area (Å²) in [5.41, 5.74) is 8.20. The molecular weight excluding hydrogens is 224 g/mol. The van der Waals surface area contributed by atoms with E-state index in [1.807, 2.05) is 6.92 Å². The molecule has 0 radical (unpaired) electrons. The molecule has 0 aliphatic heterocycles. The summed E-state index contributed by atoms with van der Waals surface area (Å²) in [7, 11) is 0. The van der Waals surface area contributed by atoms with E-state index in [4.69, 9.17) is 11.6 Å². The summed E-state index contributed by atoms with van der Waals surface area (Å²) in [6, 6.07) is 0. The molecule has 1 rings (SSSR count). The fourth-order valence-electron chi connectivity index (χ4n) is 1.34. The minimum atomic E-state index is -0.797. The van der Waals surface area contributed by atoms with Gasteiger partial charge in [0.15, 0.2) is 0 Å². The zero-order chi connectivity index (χ0) is 12.7. The molecule has 8 heteroatoms. The molecule has 1 aromatic rings. The SMILES string of the molecule is CCc1c(NN)ncnc1NCCOC(N)=O. The minimum Gasteiger partial charge on any atom is -0.448 e. The summed E-state index contributed by atoms with van der Waals surface area (Å²) in [4.78, 5) is 18.4. The Balaban J connectivity index is 2.60. The molecule has 1 heterocycles. The maximum absolute atomic E-state index is 10.4. The lowest BCUT2D eigenvalue weighted by Gasteiger charge is -2.12. The Morgan fingerprint density at radius 1 is 1.47 bits per heavy atom. The summed E-state index contributed by atoms with van der Waals surface area (Å²) in [5.74, 6) is 6.56. The Morgan fingerprint density at radius 3 is 2.76 bits per heavy atom. The zero-order valence-corrected chi connectivity index (χ0v) is 9.56. The number of nitrogens with one attached hydrogen (secondary N) is 2. The van der Waals surface area contributed by atoms with Gasteiger partial charge in [0.1, 0.15) is 24.6 Å². The van der Waals surface area contributed by atoms with Crippen LogP contribution < -0.4 is 22.3 Å². The van der Waals surface area contributed by atoms with Gasteiger partial charge in [-0.1, -0.05) is 6.92 Å². The van der Waals surface area contributed by atoms with Crippen LogP contribution in [-0.4, -0.2) is 29.2 Å². The fraction of sp³-hybridized carbons (Fsp3) is 0.444. The fourth-order valence-corrected chi connectivity index (χ4v) is 1.34. The maximum Gasteiger partial charge on any atom is 0.404 e. The highest BCUT2D eigenvalue weighted by Gasteiger charge is 2.08. The summed E-state index contributed by atoms with van der Waals surface area (Å²) < 4.78 is 4.59. The molecule has 0 aliphatic rings. The molecule has 0 aromatic carbocycles. The van der Waals surface area contributed by atoms with E-state index in [0.717, 1.165) is 12.0 Å². The number of rotatable bonds is 6. The Morgan fingerprint density at radius 2 is 2.18 bits per heavy atom. The van der Waals surface area contributed by atoms with Crippen LogP contribution in [0.5, 0.6) is 0 Å². The van der Waals surface area contributed by atoms with Crippen molar-refractivity contribution in [1.29, 1.82) is 0 Å². The smallest absolute Gasteiger partial charge is 0.404 e. The number of hydrogen-bond acceptors (Lipinski definition) is 7. The van der Waals surface area contributed by atoms with Gasteiger partial charge in [-0.15, -0.1) is 0 Å². The molecule has 8 nitrogen and oxygen atoms in total. The highest BCUT2D eigenvalue weighted by Crippen LogP contribution is 2.18. The van der Waals surface area contributed by atoms with Crippen molar-refractivity contribution in [2.75, 3.05) is 23.9 Å². The first kappa shape index (κ1) is 13.0. The molecule has 0 bridgehead atoms. The van der Waals surface area contributed by atoms with E-state index in [1.165, 1.54) is 6.33 Å². The monoisotopic (exact) mass is 240 g/mol. The molecule has 94 valence electrons. The van der Waals surface area contributed by atoms with Crippen molar-refractivity contribution in [3.63, 3.8) is 0 Å². The number of hydrogen-bond donors (Lipinski definition) is 4. The lowest BCUT2D eigenvalue weighted by molar-refractivity contribution is 0.161. The van der Waals surface area contributed by atoms with E-state index in [2.05, 4.69) is 25.4 Å². The Hall–Kier alpha value is -2.09. The molecule has 0 fully saturated rings. The van der Waals surface area contributed by atoms with E-state index in [0.29, 0.717) is 18.2 Å². The number of aromatic nitrogens is 2. The van der Waals surface area contributed by atoms with Crippen LogP contribution in [0, 0.1) is 0 Å². The van der Waals surface area contributed by atoms with E-state index < -0.39 is 6.09 Å². The van der Waals surface area contributed by atoms with Gasteiger partial charge in [-0.2, -0.15) is 0 Å². The van der Waals surface area contributed by atoms with Crippen LogP contribution in [0.25, 0.3) is 0 Å². The molecule has 0 aliphatic carbocycles. The highest BCUT2D eigenvalue weighted by molar-refractivity contribution is 5.64. The van der Waals surface area contributed by atoms with Crippen LogP contribution in [0.1, 0.15) is 12.5 Å². The third-order valence-electron chi connectivity index (χ3n) is 2.07. The van der Waals surface area contributed by atoms with Gasteiger partial charge in [-0.3, -0.25) is 0 Å². The van der Waals surface area contributed by atoms with Crippen LogP contribution in [0.15, 0.2) is 6.33 Å². The van der Waals surface area contributed by atoms with Gasteiger partial charge in [0, 0.05) is 5.56 Å². The van der Waals surface area contributed by atoms with Crippen molar-refractivity contribution >= 4 is 17.7 Å². The van der Waals surface area contributed by atoms with Crippen molar-refractivity contribution < 1.29 is 9.53 Å². The van der Waals surface area contributed by atoms with Gasteiger partial charge in [0.05, 0.1) is 6.54 Å². The Labute approximate surface area is 98.7 Å². The molecule has 1 amide bonds. The molecule has 0 saturated heterocycles. The molecule has 0 saturated carbocycles. The maximum atomic E-state index is 10.4. The number of nitrogen functional groups attached to an aromatic ring is 1. The molecule has 0 spiro atoms. The van der Waals surface area contributed by atoms with Crippen LogP contribution in [0.3, 0.4) is 0 Å². The number of carbonyl (C=O) groups excluding carboxylic acids is 1. The van der Waals surface area contributed by atoms with Crippen LogP contribution in [-0.2, 0) is 11.2 Å². The second-order valence-electron chi connectivity index (χ2n) is 3.14. The van der Waals surface area contributed by atoms with Gasteiger partial charge in [-0.25, -0.2) is 20.6 Å². The van der Waals surface area contributed by atoms with E-state index in [1.54, 1.807) is 0 Å². The lowest BCUT2D eigenvalue weighted by atomic mass is 10.2. The first-order valence-corrected chi connectivity index (χ1v) is 5.15. The van der Waals surface area contributed by atoms with Crippen molar-refractivity contribution in [2.45, 2.75) is 13.3 Å². The van der Waals surface area contributed by atoms with Gasteiger partial charge in [-0.05, 0) is 6.42 Å². The van der Waals surface area contributed by atoms with Crippen LogP contribution in [0.4, 0.5) is 16.4 Å². The van der Waals surface area contributed by atoms with E-state index in [-0.39, 0.29) is 6.61 Å². The molecule has 0 atom stereocenters. The molecule has 17 heavy (non-hydrogen) atoms. The quantitative estimate of drug-likeness (QED) is 0.309.